The molecule has 15 heteroatoms. The molecule has 0 bridgehead atoms. The monoisotopic (exact) mass is 528 g/mol. The number of hydrogen-bond donors (Lipinski definition) is 3. The third-order valence-corrected chi connectivity index (χ3v) is 5.74. The molecular formula is C21H19F3N4O7S. The second-order valence-corrected chi connectivity index (χ2v) is 8.14. The standard InChI is InChI=1S/C21H19F3N4O7S/c1-2-34-19(30)17-13(26-20(31)27-18(17)15-4-3-7-36-15)10-35-16(29)9-25-12-6-5-11(21(22,23)24)8-14(12)28(32)33/h3-8,18,25H,2,9-10H2,1H3,(H2,26,27,31)/t18-/m0/s1. The highest BCUT2D eigenvalue weighted by atomic mass is 32.1. The molecule has 3 N–H and O–H groups in total. The summed E-state index contributed by atoms with van der Waals surface area (Å²) in [7, 11) is 0. The lowest BCUT2D eigenvalue weighted by molar-refractivity contribution is -0.384. The van der Waals surface area contributed by atoms with Crippen LogP contribution in [0.25, 0.3) is 0 Å². The van der Waals surface area contributed by atoms with Crippen LogP contribution in [0, 0.1) is 10.1 Å². The van der Waals surface area contributed by atoms with E-state index in [0.717, 1.165) is 6.07 Å². The van der Waals surface area contributed by atoms with Gasteiger partial charge in [-0.3, -0.25) is 14.9 Å². The van der Waals surface area contributed by atoms with Gasteiger partial charge in [0.1, 0.15) is 18.8 Å². The molecule has 1 aliphatic heterocycles. The summed E-state index contributed by atoms with van der Waals surface area (Å²) in [6.07, 6.45) is -4.78. The minimum Gasteiger partial charge on any atom is -0.463 e. The van der Waals surface area contributed by atoms with E-state index in [0.29, 0.717) is 17.0 Å². The van der Waals surface area contributed by atoms with Gasteiger partial charge < -0.3 is 25.4 Å². The number of esters is 2. The van der Waals surface area contributed by atoms with Crippen LogP contribution in [0.2, 0.25) is 0 Å². The van der Waals surface area contributed by atoms with Crippen molar-refractivity contribution in [3.8, 4) is 0 Å². The number of ether oxygens (including phenoxy) is 2. The number of nitro benzene ring substituents is 1. The van der Waals surface area contributed by atoms with Gasteiger partial charge >= 0.3 is 24.1 Å². The number of alkyl halides is 3. The Balaban J connectivity index is 1.74. The van der Waals surface area contributed by atoms with Crippen LogP contribution in [0.1, 0.15) is 23.4 Å². The van der Waals surface area contributed by atoms with E-state index in [1.807, 2.05) is 0 Å². The maximum atomic E-state index is 12.8. The predicted octanol–water partition coefficient (Wildman–Crippen LogP) is 3.50. The third-order valence-electron chi connectivity index (χ3n) is 4.80. The average molecular weight is 528 g/mol. The number of thiophene rings is 1. The van der Waals surface area contributed by atoms with Crippen LogP contribution < -0.4 is 16.0 Å². The highest BCUT2D eigenvalue weighted by Gasteiger charge is 2.35. The number of rotatable bonds is 9. The highest BCUT2D eigenvalue weighted by Crippen LogP contribution is 2.35. The zero-order valence-electron chi connectivity index (χ0n) is 18.5. The number of urea groups is 1. The molecule has 36 heavy (non-hydrogen) atoms. The minimum atomic E-state index is -4.78. The summed E-state index contributed by atoms with van der Waals surface area (Å²) in [5.41, 5.74) is -2.43. The first-order chi connectivity index (χ1) is 17.0. The summed E-state index contributed by atoms with van der Waals surface area (Å²) < 4.78 is 48.7. The van der Waals surface area contributed by atoms with Gasteiger partial charge in [0.15, 0.2) is 0 Å². The maximum Gasteiger partial charge on any atom is 0.416 e. The first kappa shape index (κ1) is 26.5. The van der Waals surface area contributed by atoms with Gasteiger partial charge in [-0.25, -0.2) is 9.59 Å². The van der Waals surface area contributed by atoms with Crippen LogP contribution in [0.3, 0.4) is 0 Å². The van der Waals surface area contributed by atoms with E-state index in [9.17, 15) is 37.7 Å². The van der Waals surface area contributed by atoms with Crippen molar-refractivity contribution in [1.82, 2.24) is 10.6 Å². The van der Waals surface area contributed by atoms with Gasteiger partial charge in [-0.15, -0.1) is 11.3 Å². The number of carbonyl (C=O) groups excluding carboxylic acids is 3. The lowest BCUT2D eigenvalue weighted by atomic mass is 10.0. The Hall–Kier alpha value is -4.14. The van der Waals surface area contributed by atoms with Crippen LogP contribution in [-0.2, 0) is 25.2 Å². The molecule has 1 atom stereocenters. The number of nitro groups is 1. The molecule has 0 aliphatic carbocycles. The minimum absolute atomic E-state index is 0.0236. The summed E-state index contributed by atoms with van der Waals surface area (Å²) in [5, 5.41) is 20.3. The van der Waals surface area contributed by atoms with Crippen molar-refractivity contribution in [2.75, 3.05) is 25.1 Å². The number of anilines is 1. The SMILES string of the molecule is CCOC(=O)C1=C(COC(=O)CNc2ccc(C(F)(F)F)cc2[N+](=O)[O-])NC(=O)N[C@H]1c1cccs1. The van der Waals surface area contributed by atoms with Gasteiger partial charge in [0, 0.05) is 10.9 Å². The number of benzene rings is 1. The lowest BCUT2D eigenvalue weighted by Crippen LogP contribution is -2.47. The molecule has 2 heterocycles. The summed E-state index contributed by atoms with van der Waals surface area (Å²) in [5.74, 6) is -1.70. The van der Waals surface area contributed by atoms with Crippen molar-refractivity contribution in [2.24, 2.45) is 0 Å². The lowest BCUT2D eigenvalue weighted by Gasteiger charge is -2.28. The molecule has 1 aliphatic rings. The third kappa shape index (κ3) is 6.29. The van der Waals surface area contributed by atoms with E-state index in [1.54, 1.807) is 24.4 Å². The van der Waals surface area contributed by atoms with Crippen LogP contribution in [0.5, 0.6) is 0 Å². The van der Waals surface area contributed by atoms with Gasteiger partial charge in [-0.2, -0.15) is 13.2 Å². The fourth-order valence-corrected chi connectivity index (χ4v) is 4.01. The maximum absolute atomic E-state index is 12.8. The zero-order chi connectivity index (χ0) is 26.5. The molecular weight excluding hydrogens is 509 g/mol. The molecule has 3 rings (SSSR count). The summed E-state index contributed by atoms with van der Waals surface area (Å²) in [6.45, 7) is 0.462. The van der Waals surface area contributed by atoms with Crippen LogP contribution in [-0.4, -0.2) is 42.7 Å². The van der Waals surface area contributed by atoms with Gasteiger partial charge in [-0.05, 0) is 30.5 Å². The first-order valence-electron chi connectivity index (χ1n) is 10.3. The normalized spacial score (nSPS) is 15.6. The van der Waals surface area contributed by atoms with Crippen LogP contribution >= 0.6 is 11.3 Å². The fourth-order valence-electron chi connectivity index (χ4n) is 3.23. The zero-order valence-corrected chi connectivity index (χ0v) is 19.3. The summed E-state index contributed by atoms with van der Waals surface area (Å²) in [4.78, 5) is 47.8. The van der Waals surface area contributed by atoms with E-state index in [4.69, 9.17) is 9.47 Å². The van der Waals surface area contributed by atoms with Crippen molar-refractivity contribution >= 4 is 40.7 Å². The smallest absolute Gasteiger partial charge is 0.416 e. The Labute approximate surface area is 205 Å². The molecule has 192 valence electrons. The second-order valence-electron chi connectivity index (χ2n) is 7.16. The van der Waals surface area contributed by atoms with Crippen molar-refractivity contribution in [2.45, 2.75) is 19.1 Å². The van der Waals surface area contributed by atoms with Gasteiger partial charge in [-0.1, -0.05) is 6.07 Å². The molecule has 0 saturated heterocycles. The van der Waals surface area contributed by atoms with Crippen LogP contribution in [0.15, 0.2) is 47.0 Å². The Kier molecular flexibility index (Phi) is 8.14. The Morgan fingerprint density at radius 2 is 2.00 bits per heavy atom. The molecule has 11 nitrogen and oxygen atoms in total. The largest absolute Gasteiger partial charge is 0.463 e. The molecule has 0 saturated carbocycles. The second kappa shape index (κ2) is 11.1. The number of nitrogens with zero attached hydrogens (tertiary/aromatic N) is 1. The first-order valence-corrected chi connectivity index (χ1v) is 11.2. The topological polar surface area (TPSA) is 149 Å². The van der Waals surface area contributed by atoms with Crippen LogP contribution in [0.4, 0.5) is 29.3 Å². The van der Waals surface area contributed by atoms with Gasteiger partial charge in [0.2, 0.25) is 0 Å². The molecule has 0 radical (unpaired) electrons. The quantitative estimate of drug-likeness (QED) is 0.254. The molecule has 2 amide bonds. The summed E-state index contributed by atoms with van der Waals surface area (Å²) in [6, 6.07) is 3.73. The molecule has 1 aromatic heterocycles. The predicted molar refractivity (Wildman–Crippen MR) is 120 cm³/mol. The van der Waals surface area contributed by atoms with E-state index in [2.05, 4.69) is 16.0 Å². The van der Waals surface area contributed by atoms with E-state index in [1.165, 1.54) is 11.3 Å². The van der Waals surface area contributed by atoms with E-state index < -0.39 is 59.5 Å². The number of amides is 2. The summed E-state index contributed by atoms with van der Waals surface area (Å²) >= 11 is 1.28. The van der Waals surface area contributed by atoms with Crippen molar-refractivity contribution in [3.63, 3.8) is 0 Å². The van der Waals surface area contributed by atoms with Crippen molar-refractivity contribution in [1.29, 1.82) is 0 Å². The van der Waals surface area contributed by atoms with Crippen molar-refractivity contribution < 1.29 is 42.0 Å². The Morgan fingerprint density at radius 1 is 1.25 bits per heavy atom. The molecule has 1 aromatic carbocycles. The number of hydrogen-bond acceptors (Lipinski definition) is 9. The number of nitrogens with one attached hydrogen (secondary N) is 3. The average Bonchev–Trinajstić information content (AvgIpc) is 3.35. The fraction of sp³-hybridized carbons (Fsp3) is 0.286. The highest BCUT2D eigenvalue weighted by molar-refractivity contribution is 7.10. The van der Waals surface area contributed by atoms with E-state index in [-0.39, 0.29) is 23.6 Å². The molecule has 0 unspecified atom stereocenters. The molecule has 0 fully saturated rings. The molecule has 2 aromatic rings. The van der Waals surface area contributed by atoms with Gasteiger partial charge in [0.25, 0.3) is 5.69 Å². The number of carbonyl (C=O) groups is 3. The van der Waals surface area contributed by atoms with E-state index >= 15 is 0 Å². The Morgan fingerprint density at radius 3 is 2.61 bits per heavy atom. The van der Waals surface area contributed by atoms with Gasteiger partial charge in [0.05, 0.1) is 34.4 Å². The Bertz CT molecular complexity index is 1200. The van der Waals surface area contributed by atoms with Crippen molar-refractivity contribution in [3.05, 3.63) is 67.5 Å². The number of halogens is 3. The molecule has 0 spiro atoms.